The minimum atomic E-state index is -0.947. The van der Waals surface area contributed by atoms with Gasteiger partial charge in [-0.05, 0) is 43.9 Å². The predicted molar refractivity (Wildman–Crippen MR) is 90.7 cm³/mol. The Morgan fingerprint density at radius 1 is 1.30 bits per heavy atom. The summed E-state index contributed by atoms with van der Waals surface area (Å²) in [5, 5.41) is 14.2. The largest absolute Gasteiger partial charge is 0.454 e. The first-order valence-electron chi connectivity index (χ1n) is 8.47. The number of amides is 2. The third kappa shape index (κ3) is 4.47. The Kier molecular flexibility index (Phi) is 5.16. The van der Waals surface area contributed by atoms with Crippen LogP contribution >= 0.6 is 0 Å². The summed E-state index contributed by atoms with van der Waals surface area (Å²) < 4.78 is 15.2. The number of nitrogens with one attached hydrogen (secondary N) is 2. The molecule has 1 atom stereocenters. The first-order valence-corrected chi connectivity index (χ1v) is 8.47. The lowest BCUT2D eigenvalue weighted by Gasteiger charge is -2.22. The predicted octanol–water partition coefficient (Wildman–Crippen LogP) is 0.497. The molecule has 27 heavy (non-hydrogen) atoms. The van der Waals surface area contributed by atoms with Crippen LogP contribution in [0.4, 0.5) is 0 Å². The average molecular weight is 373 g/mol. The van der Waals surface area contributed by atoms with E-state index in [0.717, 1.165) is 12.8 Å². The first kappa shape index (κ1) is 18.5. The molecule has 0 radical (unpaired) electrons. The number of nitrogens with zero attached hydrogens (tertiary/aromatic N) is 1. The maximum absolute atomic E-state index is 12.1. The molecule has 2 aliphatic rings. The summed E-state index contributed by atoms with van der Waals surface area (Å²) in [5.41, 5.74) is -0.643. The second kappa shape index (κ2) is 7.53. The highest BCUT2D eigenvalue weighted by Crippen LogP contribution is 2.39. The number of carbonyl (C=O) groups is 3. The zero-order valence-electron chi connectivity index (χ0n) is 14.7. The number of ether oxygens (including phenoxy) is 3. The summed E-state index contributed by atoms with van der Waals surface area (Å²) in [6, 6.07) is 6.74. The zero-order chi connectivity index (χ0) is 19.4. The van der Waals surface area contributed by atoms with Gasteiger partial charge in [0.15, 0.2) is 18.1 Å². The second-order valence-electron chi connectivity index (χ2n) is 6.55. The van der Waals surface area contributed by atoms with Gasteiger partial charge < -0.3 is 24.8 Å². The Hall–Kier alpha value is -3.28. The second-order valence-corrected chi connectivity index (χ2v) is 6.55. The van der Waals surface area contributed by atoms with Gasteiger partial charge in [-0.25, -0.2) is 0 Å². The molecule has 2 amide bonds. The molecule has 0 aromatic heterocycles. The maximum atomic E-state index is 12.1. The van der Waals surface area contributed by atoms with E-state index < -0.39 is 36.5 Å². The van der Waals surface area contributed by atoms with Crippen LogP contribution in [0.25, 0.3) is 0 Å². The van der Waals surface area contributed by atoms with E-state index in [1.54, 1.807) is 19.1 Å². The van der Waals surface area contributed by atoms with Crippen molar-refractivity contribution in [3.05, 3.63) is 23.8 Å². The van der Waals surface area contributed by atoms with Gasteiger partial charge in [-0.15, -0.1) is 0 Å². The molecule has 1 aromatic carbocycles. The van der Waals surface area contributed by atoms with Crippen molar-refractivity contribution >= 4 is 17.8 Å². The van der Waals surface area contributed by atoms with E-state index in [9.17, 15) is 19.6 Å². The van der Waals surface area contributed by atoms with Crippen molar-refractivity contribution in [2.24, 2.45) is 5.92 Å². The van der Waals surface area contributed by atoms with Gasteiger partial charge in [0.25, 0.3) is 11.8 Å². The lowest BCUT2D eigenvalue weighted by Crippen LogP contribution is -2.48. The van der Waals surface area contributed by atoms with Crippen molar-refractivity contribution in [3.8, 4) is 17.6 Å². The molecule has 1 aliphatic heterocycles. The third-order valence-corrected chi connectivity index (χ3v) is 4.42. The van der Waals surface area contributed by atoms with Gasteiger partial charge in [0.05, 0.1) is 6.07 Å². The van der Waals surface area contributed by atoms with Crippen LogP contribution in [0.5, 0.6) is 11.5 Å². The number of benzene rings is 1. The Balaban J connectivity index is 1.41. The minimum absolute atomic E-state index is 0.0976. The van der Waals surface area contributed by atoms with Crippen LogP contribution in [0.3, 0.4) is 0 Å². The lowest BCUT2D eigenvalue weighted by atomic mass is 9.98. The van der Waals surface area contributed by atoms with E-state index in [1.807, 2.05) is 0 Å². The van der Waals surface area contributed by atoms with E-state index >= 15 is 0 Å². The summed E-state index contributed by atoms with van der Waals surface area (Å²) >= 11 is 0. The molecule has 142 valence electrons. The quantitative estimate of drug-likeness (QED) is 0.666. The molecule has 1 saturated carbocycles. The van der Waals surface area contributed by atoms with Crippen LogP contribution in [0.2, 0.25) is 0 Å². The van der Waals surface area contributed by atoms with E-state index in [-0.39, 0.29) is 12.7 Å². The Morgan fingerprint density at radius 3 is 2.74 bits per heavy atom. The third-order valence-electron chi connectivity index (χ3n) is 4.42. The molecule has 3 rings (SSSR count). The molecular weight excluding hydrogens is 354 g/mol. The van der Waals surface area contributed by atoms with Crippen molar-refractivity contribution < 1.29 is 28.6 Å². The van der Waals surface area contributed by atoms with Crippen molar-refractivity contribution in [2.75, 3.05) is 19.9 Å². The normalized spacial score (nSPS) is 16.6. The molecule has 0 bridgehead atoms. The van der Waals surface area contributed by atoms with E-state index in [4.69, 9.17) is 14.2 Å². The van der Waals surface area contributed by atoms with Gasteiger partial charge in [0.2, 0.25) is 6.79 Å². The number of esters is 1. The molecular formula is C18H19N3O6. The molecule has 1 aromatic rings. The molecule has 0 spiro atoms. The fourth-order valence-corrected chi connectivity index (χ4v) is 2.70. The van der Waals surface area contributed by atoms with Gasteiger partial charge in [0.1, 0.15) is 12.1 Å². The van der Waals surface area contributed by atoms with Crippen LogP contribution in [0.15, 0.2) is 18.2 Å². The van der Waals surface area contributed by atoms with E-state index in [0.29, 0.717) is 17.1 Å². The van der Waals surface area contributed by atoms with Gasteiger partial charge in [-0.1, -0.05) is 0 Å². The van der Waals surface area contributed by atoms with E-state index in [2.05, 4.69) is 16.7 Å². The summed E-state index contributed by atoms with van der Waals surface area (Å²) in [6.45, 7) is 0.845. The summed E-state index contributed by atoms with van der Waals surface area (Å²) in [4.78, 5) is 35.7. The van der Waals surface area contributed by atoms with E-state index in [1.165, 1.54) is 6.07 Å². The van der Waals surface area contributed by atoms with Gasteiger partial charge >= 0.3 is 5.97 Å². The average Bonchev–Trinajstić information content (AvgIpc) is 3.42. The number of carbonyl (C=O) groups excluding carboxylic acids is 3. The van der Waals surface area contributed by atoms with Crippen LogP contribution in [-0.4, -0.2) is 43.3 Å². The topological polar surface area (TPSA) is 127 Å². The maximum Gasteiger partial charge on any atom is 0.325 e. The number of nitriles is 1. The Labute approximate surface area is 155 Å². The number of hydrogen-bond donors (Lipinski definition) is 2. The molecule has 1 fully saturated rings. The molecule has 9 heteroatoms. The molecule has 2 N–H and O–H groups in total. The zero-order valence-corrected chi connectivity index (χ0v) is 14.7. The highest BCUT2D eigenvalue weighted by Gasteiger charge is 2.43. The van der Waals surface area contributed by atoms with Crippen molar-refractivity contribution in [1.29, 1.82) is 5.26 Å². The standard InChI is InChI=1S/C18H19N3O6/c1-18(9-19,12-3-4-12)21-15(22)8-25-16(23)7-20-17(24)11-2-5-13-14(6-11)27-10-26-13/h2,5-6,12H,3-4,7-8,10H2,1H3,(H,20,24)(H,21,22)/t18-/m1/s1. The number of hydrogen-bond acceptors (Lipinski definition) is 7. The Bertz CT molecular complexity index is 814. The molecule has 0 unspecified atom stereocenters. The highest BCUT2D eigenvalue weighted by atomic mass is 16.7. The van der Waals surface area contributed by atoms with Crippen LogP contribution in [0, 0.1) is 17.2 Å². The van der Waals surface area contributed by atoms with Crippen molar-refractivity contribution in [2.45, 2.75) is 25.3 Å². The first-order chi connectivity index (χ1) is 12.9. The van der Waals surface area contributed by atoms with Crippen LogP contribution in [0.1, 0.15) is 30.1 Å². The van der Waals surface area contributed by atoms with Crippen molar-refractivity contribution in [1.82, 2.24) is 10.6 Å². The number of rotatable bonds is 7. The van der Waals surface area contributed by atoms with Gasteiger partial charge in [-0.2, -0.15) is 5.26 Å². The monoisotopic (exact) mass is 373 g/mol. The summed E-state index contributed by atoms with van der Waals surface area (Å²) in [6.07, 6.45) is 1.77. The summed E-state index contributed by atoms with van der Waals surface area (Å²) in [7, 11) is 0. The summed E-state index contributed by atoms with van der Waals surface area (Å²) in [5.74, 6) is -0.667. The highest BCUT2D eigenvalue weighted by molar-refractivity contribution is 5.96. The Morgan fingerprint density at radius 2 is 2.04 bits per heavy atom. The fourth-order valence-electron chi connectivity index (χ4n) is 2.70. The lowest BCUT2D eigenvalue weighted by molar-refractivity contribution is -0.147. The van der Waals surface area contributed by atoms with Gasteiger partial charge in [0, 0.05) is 5.56 Å². The fraction of sp³-hybridized carbons (Fsp3) is 0.444. The van der Waals surface area contributed by atoms with Crippen LogP contribution < -0.4 is 20.1 Å². The SMILES string of the molecule is C[C@](C#N)(NC(=O)COC(=O)CNC(=O)c1ccc2c(c1)OCO2)C1CC1. The molecule has 0 saturated heterocycles. The minimum Gasteiger partial charge on any atom is -0.454 e. The molecule has 9 nitrogen and oxygen atoms in total. The van der Waals surface area contributed by atoms with Crippen molar-refractivity contribution in [3.63, 3.8) is 0 Å². The molecule has 1 heterocycles. The van der Waals surface area contributed by atoms with Crippen LogP contribution in [-0.2, 0) is 14.3 Å². The molecule has 1 aliphatic carbocycles. The smallest absolute Gasteiger partial charge is 0.325 e. The number of fused-ring (bicyclic) bond motifs is 1. The van der Waals surface area contributed by atoms with Gasteiger partial charge in [-0.3, -0.25) is 14.4 Å².